The monoisotopic (exact) mass is 456 g/mol. The first-order valence-corrected chi connectivity index (χ1v) is 11.6. The van der Waals surface area contributed by atoms with Gasteiger partial charge in [-0.2, -0.15) is 0 Å². The van der Waals surface area contributed by atoms with Crippen LogP contribution < -0.4 is 5.56 Å². The molecule has 3 aromatic rings. The quantitative estimate of drug-likeness (QED) is 0.641. The minimum atomic E-state index is -3.31. The number of hydrogen-bond donors (Lipinski definition) is 1. The first-order valence-electron chi connectivity index (χ1n) is 8.95. The van der Waals surface area contributed by atoms with E-state index in [1.54, 1.807) is 18.2 Å². The number of hydrogen-bond acceptors (Lipinski definition) is 6. The van der Waals surface area contributed by atoms with Crippen LogP contribution in [0, 0.1) is 0 Å². The van der Waals surface area contributed by atoms with Crippen LogP contribution >= 0.6 is 23.2 Å². The molecule has 0 radical (unpaired) electrons. The zero-order valence-electron chi connectivity index (χ0n) is 15.5. The lowest BCUT2D eigenvalue weighted by Gasteiger charge is -2.30. The first kappa shape index (κ1) is 20.3. The van der Waals surface area contributed by atoms with Crippen molar-refractivity contribution in [2.45, 2.75) is 25.3 Å². The van der Waals surface area contributed by atoms with Gasteiger partial charge < -0.3 is 4.98 Å². The molecule has 1 N–H and O–H groups in total. The van der Waals surface area contributed by atoms with Crippen LogP contribution in [0.25, 0.3) is 11.2 Å². The van der Waals surface area contributed by atoms with Crippen LogP contribution in [0.15, 0.2) is 23.0 Å². The van der Waals surface area contributed by atoms with Gasteiger partial charge >= 0.3 is 0 Å². The summed E-state index contributed by atoms with van der Waals surface area (Å²) in [5.41, 5.74) is 0.795. The van der Waals surface area contributed by atoms with Crippen molar-refractivity contribution < 1.29 is 8.42 Å². The van der Waals surface area contributed by atoms with Crippen molar-refractivity contribution in [1.29, 1.82) is 0 Å². The topological polar surface area (TPSA) is 114 Å². The molecule has 3 heterocycles. The van der Waals surface area contributed by atoms with Gasteiger partial charge in [0, 0.05) is 29.1 Å². The minimum Gasteiger partial charge on any atom is -0.308 e. The van der Waals surface area contributed by atoms with E-state index in [4.69, 9.17) is 23.2 Å². The highest BCUT2D eigenvalue weighted by atomic mass is 35.5. The Hall–Kier alpha value is -2.01. The third-order valence-corrected chi connectivity index (χ3v) is 6.82. The van der Waals surface area contributed by atoms with Crippen LogP contribution in [0.3, 0.4) is 0 Å². The Labute approximate surface area is 176 Å². The number of fused-ring (bicyclic) bond motifs is 1. The number of benzene rings is 1. The first-order chi connectivity index (χ1) is 13.7. The lowest BCUT2D eigenvalue weighted by molar-refractivity contribution is 0.311. The average Bonchev–Trinajstić information content (AvgIpc) is 3.07. The van der Waals surface area contributed by atoms with Crippen molar-refractivity contribution in [3.8, 4) is 0 Å². The van der Waals surface area contributed by atoms with Crippen LogP contribution in [0.2, 0.25) is 10.0 Å². The highest BCUT2D eigenvalue weighted by Crippen LogP contribution is 2.26. The van der Waals surface area contributed by atoms with Gasteiger partial charge in [0.2, 0.25) is 10.0 Å². The molecule has 0 saturated carbocycles. The maximum absolute atomic E-state index is 12.5. The van der Waals surface area contributed by atoms with E-state index in [1.807, 2.05) is 0 Å². The summed E-state index contributed by atoms with van der Waals surface area (Å²) in [4.78, 5) is 19.8. The summed E-state index contributed by atoms with van der Waals surface area (Å²) in [5.74, 6) is 0.222. The average molecular weight is 457 g/mol. The second-order valence-electron chi connectivity index (χ2n) is 7.07. The largest absolute Gasteiger partial charge is 0.308 e. The summed E-state index contributed by atoms with van der Waals surface area (Å²) < 4.78 is 26.7. The van der Waals surface area contributed by atoms with Gasteiger partial charge in [0.25, 0.3) is 5.56 Å². The van der Waals surface area contributed by atoms with E-state index in [1.165, 1.54) is 15.2 Å². The number of nitrogens with one attached hydrogen (secondary N) is 1. The zero-order valence-corrected chi connectivity index (χ0v) is 17.8. The molecule has 1 saturated heterocycles. The van der Waals surface area contributed by atoms with Gasteiger partial charge in [-0.15, -0.1) is 5.10 Å². The molecule has 0 aliphatic carbocycles. The molecular weight excluding hydrogens is 439 g/mol. The number of piperidine rings is 1. The van der Waals surface area contributed by atoms with Crippen molar-refractivity contribution in [1.82, 2.24) is 29.3 Å². The number of sulfonamides is 1. The van der Waals surface area contributed by atoms with E-state index < -0.39 is 15.6 Å². The fraction of sp³-hybridized carbons (Fsp3) is 0.412. The predicted octanol–water partition coefficient (Wildman–Crippen LogP) is 2.01. The van der Waals surface area contributed by atoms with Crippen molar-refractivity contribution >= 4 is 44.4 Å². The highest BCUT2D eigenvalue weighted by Gasteiger charge is 2.29. The van der Waals surface area contributed by atoms with E-state index in [2.05, 4.69) is 20.3 Å². The van der Waals surface area contributed by atoms with Crippen molar-refractivity contribution in [3.63, 3.8) is 0 Å². The van der Waals surface area contributed by atoms with Crippen LogP contribution in [-0.4, -0.2) is 57.0 Å². The van der Waals surface area contributed by atoms with Gasteiger partial charge in [-0.25, -0.2) is 22.4 Å². The SMILES string of the molecule is CS(=O)(=O)N1CCC[C@H](c2nc3c(nnn3Cc3ccc(Cl)cc3Cl)c(=O)[nH]2)C1. The second-order valence-corrected chi connectivity index (χ2v) is 9.89. The zero-order chi connectivity index (χ0) is 20.8. The van der Waals surface area contributed by atoms with Gasteiger partial charge in [0.1, 0.15) is 5.82 Å². The summed E-state index contributed by atoms with van der Waals surface area (Å²) in [7, 11) is -3.31. The van der Waals surface area contributed by atoms with Gasteiger partial charge in [-0.05, 0) is 30.5 Å². The van der Waals surface area contributed by atoms with Gasteiger partial charge in [-0.1, -0.05) is 34.5 Å². The number of aromatic amines is 1. The van der Waals surface area contributed by atoms with E-state index in [-0.39, 0.29) is 24.5 Å². The third-order valence-electron chi connectivity index (χ3n) is 4.97. The van der Waals surface area contributed by atoms with Crippen LogP contribution in [0.4, 0.5) is 0 Å². The lowest BCUT2D eigenvalue weighted by Crippen LogP contribution is -2.39. The van der Waals surface area contributed by atoms with E-state index in [0.717, 1.165) is 12.0 Å². The second kappa shape index (κ2) is 7.67. The minimum absolute atomic E-state index is 0.120. The van der Waals surface area contributed by atoms with Crippen molar-refractivity contribution in [2.24, 2.45) is 0 Å². The van der Waals surface area contributed by atoms with E-state index in [9.17, 15) is 13.2 Å². The smallest absolute Gasteiger partial charge is 0.281 e. The molecule has 1 fully saturated rings. The van der Waals surface area contributed by atoms with Gasteiger partial charge in [-0.3, -0.25) is 4.79 Å². The number of rotatable bonds is 4. The summed E-state index contributed by atoms with van der Waals surface area (Å²) in [6, 6.07) is 5.12. The Morgan fingerprint density at radius 1 is 1.31 bits per heavy atom. The number of aromatic nitrogens is 5. The molecule has 0 bridgehead atoms. The molecular formula is C17H18Cl2N6O3S. The van der Waals surface area contributed by atoms with E-state index >= 15 is 0 Å². The number of nitrogens with zero attached hydrogens (tertiary/aromatic N) is 5. The molecule has 1 aliphatic heterocycles. The third kappa shape index (κ3) is 4.16. The molecule has 1 aromatic carbocycles. The molecule has 4 rings (SSSR count). The molecule has 154 valence electrons. The molecule has 1 aliphatic rings. The highest BCUT2D eigenvalue weighted by molar-refractivity contribution is 7.88. The number of halogens is 2. The normalized spacial score (nSPS) is 18.4. The maximum atomic E-state index is 12.5. The summed E-state index contributed by atoms with van der Waals surface area (Å²) in [6.07, 6.45) is 2.60. The molecule has 0 amide bonds. The summed E-state index contributed by atoms with van der Waals surface area (Å²) in [6.45, 7) is 1.01. The molecule has 29 heavy (non-hydrogen) atoms. The Morgan fingerprint density at radius 2 is 2.10 bits per heavy atom. The fourth-order valence-electron chi connectivity index (χ4n) is 3.46. The molecule has 0 spiro atoms. The molecule has 9 nitrogen and oxygen atoms in total. The molecule has 0 unspecified atom stereocenters. The van der Waals surface area contributed by atoms with Crippen LogP contribution in [-0.2, 0) is 16.6 Å². The molecule has 2 aromatic heterocycles. The lowest BCUT2D eigenvalue weighted by atomic mass is 9.99. The Morgan fingerprint density at radius 3 is 2.83 bits per heavy atom. The van der Waals surface area contributed by atoms with Crippen molar-refractivity contribution in [3.05, 3.63) is 50.0 Å². The van der Waals surface area contributed by atoms with Crippen molar-refractivity contribution in [2.75, 3.05) is 19.3 Å². The van der Waals surface area contributed by atoms with Gasteiger partial charge in [0.15, 0.2) is 11.2 Å². The molecule has 12 heteroatoms. The van der Waals surface area contributed by atoms with Crippen LogP contribution in [0.5, 0.6) is 0 Å². The van der Waals surface area contributed by atoms with Gasteiger partial charge in [0.05, 0.1) is 12.8 Å². The Bertz CT molecular complexity index is 1240. The molecule has 1 atom stereocenters. The predicted molar refractivity (Wildman–Crippen MR) is 110 cm³/mol. The Kier molecular flexibility index (Phi) is 5.36. The van der Waals surface area contributed by atoms with E-state index in [0.29, 0.717) is 34.5 Å². The fourth-order valence-corrected chi connectivity index (χ4v) is 4.84. The maximum Gasteiger partial charge on any atom is 0.281 e. The van der Waals surface area contributed by atoms with Crippen LogP contribution in [0.1, 0.15) is 30.1 Å². The standard InChI is InChI=1S/C17H18Cl2N6O3S/c1-29(27,28)24-6-2-3-11(8-24)15-20-16-14(17(26)21-15)22-23-25(16)9-10-4-5-12(18)7-13(10)19/h4-5,7,11H,2-3,6,8-9H2,1H3,(H,20,21,26)/t11-/m0/s1. The Balaban J connectivity index is 1.71. The number of H-pyrrole nitrogens is 1. The summed E-state index contributed by atoms with van der Waals surface area (Å²) in [5, 5.41) is 8.97. The summed E-state index contributed by atoms with van der Waals surface area (Å²) >= 11 is 12.2.